The van der Waals surface area contributed by atoms with Gasteiger partial charge < -0.3 is 9.47 Å². The molecule has 0 heterocycles. The van der Waals surface area contributed by atoms with Crippen molar-refractivity contribution >= 4 is 5.97 Å². The molecule has 1 unspecified atom stereocenters. The largest absolute Gasteiger partial charge is 0.494 e. The van der Waals surface area contributed by atoms with Crippen LogP contribution in [0, 0.1) is 0 Å². The predicted molar refractivity (Wildman–Crippen MR) is 96.4 cm³/mol. The van der Waals surface area contributed by atoms with Crippen LogP contribution >= 0.6 is 0 Å². The summed E-state index contributed by atoms with van der Waals surface area (Å²) in [6.45, 7) is 4.89. The molecule has 3 nitrogen and oxygen atoms in total. The highest BCUT2D eigenvalue weighted by molar-refractivity contribution is 5.89. The first-order chi connectivity index (χ1) is 11.7. The van der Waals surface area contributed by atoms with Gasteiger partial charge in [-0.15, -0.1) is 0 Å². The van der Waals surface area contributed by atoms with Crippen molar-refractivity contribution < 1.29 is 14.3 Å². The first-order valence-corrected chi connectivity index (χ1v) is 8.73. The molecule has 0 spiro atoms. The minimum absolute atomic E-state index is 0.219. The molecule has 2 rings (SSSR count). The van der Waals surface area contributed by atoms with E-state index in [-0.39, 0.29) is 12.1 Å². The first-order valence-electron chi connectivity index (χ1n) is 8.73. The van der Waals surface area contributed by atoms with Gasteiger partial charge in [0.05, 0.1) is 12.2 Å². The normalized spacial score (nSPS) is 11.8. The molecule has 1 atom stereocenters. The minimum atomic E-state index is -0.303. The van der Waals surface area contributed by atoms with Crippen LogP contribution in [0.15, 0.2) is 54.6 Å². The summed E-state index contributed by atoms with van der Waals surface area (Å²) >= 11 is 0. The van der Waals surface area contributed by atoms with Gasteiger partial charge in [-0.3, -0.25) is 0 Å². The Balaban J connectivity index is 1.92. The molecular weight excluding hydrogens is 300 g/mol. The van der Waals surface area contributed by atoms with Gasteiger partial charge in [0, 0.05) is 0 Å². The van der Waals surface area contributed by atoms with E-state index in [2.05, 4.69) is 6.92 Å². The average molecular weight is 326 g/mol. The molecule has 0 amide bonds. The molecule has 3 heteroatoms. The molecule has 0 bridgehead atoms. The summed E-state index contributed by atoms with van der Waals surface area (Å²) in [7, 11) is 0. The van der Waals surface area contributed by atoms with E-state index in [1.165, 1.54) is 12.8 Å². The van der Waals surface area contributed by atoms with E-state index in [0.717, 1.165) is 24.2 Å². The van der Waals surface area contributed by atoms with Crippen LogP contribution in [0.5, 0.6) is 5.75 Å². The maximum Gasteiger partial charge on any atom is 0.338 e. The third-order valence-corrected chi connectivity index (χ3v) is 3.90. The fourth-order valence-corrected chi connectivity index (χ4v) is 2.48. The summed E-state index contributed by atoms with van der Waals surface area (Å²) in [5, 5.41) is 0. The van der Waals surface area contributed by atoms with Crippen LogP contribution in [0.1, 0.15) is 61.6 Å². The van der Waals surface area contributed by atoms with Gasteiger partial charge >= 0.3 is 5.97 Å². The average Bonchev–Trinajstić information content (AvgIpc) is 2.64. The zero-order valence-corrected chi connectivity index (χ0v) is 14.5. The SMILES string of the molecule is CCCCCOc1ccc(C(=O)OC(CC)c2ccccc2)cc1. The van der Waals surface area contributed by atoms with Crippen LogP contribution < -0.4 is 4.74 Å². The lowest BCUT2D eigenvalue weighted by Crippen LogP contribution is -2.11. The topological polar surface area (TPSA) is 35.5 Å². The zero-order chi connectivity index (χ0) is 17.2. The smallest absolute Gasteiger partial charge is 0.338 e. The molecule has 0 saturated carbocycles. The molecule has 2 aromatic rings. The summed E-state index contributed by atoms with van der Waals surface area (Å²) < 4.78 is 11.3. The molecule has 0 saturated heterocycles. The van der Waals surface area contributed by atoms with Gasteiger partial charge in [0.15, 0.2) is 0 Å². The fraction of sp³-hybridized carbons (Fsp3) is 0.381. The molecule has 0 aliphatic heterocycles. The fourth-order valence-electron chi connectivity index (χ4n) is 2.48. The molecule has 128 valence electrons. The number of unbranched alkanes of at least 4 members (excludes halogenated alkanes) is 2. The molecule has 0 radical (unpaired) electrons. The molecule has 0 aliphatic rings. The maximum atomic E-state index is 12.3. The van der Waals surface area contributed by atoms with E-state index >= 15 is 0 Å². The number of hydrogen-bond donors (Lipinski definition) is 0. The van der Waals surface area contributed by atoms with E-state index in [4.69, 9.17) is 9.47 Å². The quantitative estimate of drug-likeness (QED) is 0.447. The molecule has 0 fully saturated rings. The zero-order valence-electron chi connectivity index (χ0n) is 14.5. The van der Waals surface area contributed by atoms with Crippen molar-refractivity contribution in [2.24, 2.45) is 0 Å². The van der Waals surface area contributed by atoms with Crippen LogP contribution in [-0.2, 0) is 4.74 Å². The second kappa shape index (κ2) is 9.76. The van der Waals surface area contributed by atoms with Gasteiger partial charge in [-0.2, -0.15) is 0 Å². The highest BCUT2D eigenvalue weighted by atomic mass is 16.5. The second-order valence-electron chi connectivity index (χ2n) is 5.79. The number of ether oxygens (including phenoxy) is 2. The molecule has 0 aliphatic carbocycles. The molecule has 0 aromatic heterocycles. The third kappa shape index (κ3) is 5.41. The predicted octanol–water partition coefficient (Wildman–Crippen LogP) is 5.56. The Hall–Kier alpha value is -2.29. The number of benzene rings is 2. The number of esters is 1. The van der Waals surface area contributed by atoms with Gasteiger partial charge in [0.1, 0.15) is 11.9 Å². The summed E-state index contributed by atoms with van der Waals surface area (Å²) in [5.41, 5.74) is 1.56. The van der Waals surface area contributed by atoms with Crippen molar-refractivity contribution in [3.05, 3.63) is 65.7 Å². The van der Waals surface area contributed by atoms with E-state index in [1.807, 2.05) is 49.4 Å². The highest BCUT2D eigenvalue weighted by Gasteiger charge is 2.16. The lowest BCUT2D eigenvalue weighted by atomic mass is 10.1. The molecule has 2 aromatic carbocycles. The van der Waals surface area contributed by atoms with E-state index in [0.29, 0.717) is 12.2 Å². The summed E-state index contributed by atoms with van der Waals surface area (Å²) in [5.74, 6) is 0.487. The van der Waals surface area contributed by atoms with Gasteiger partial charge in [-0.05, 0) is 42.7 Å². The van der Waals surface area contributed by atoms with Crippen molar-refractivity contribution in [1.29, 1.82) is 0 Å². The van der Waals surface area contributed by atoms with E-state index < -0.39 is 0 Å². The number of rotatable bonds is 9. The van der Waals surface area contributed by atoms with Crippen LogP contribution in [-0.4, -0.2) is 12.6 Å². The molecular formula is C21H26O3. The first kappa shape index (κ1) is 18.1. The van der Waals surface area contributed by atoms with Crippen molar-refractivity contribution in [3.8, 4) is 5.75 Å². The molecule has 24 heavy (non-hydrogen) atoms. The lowest BCUT2D eigenvalue weighted by Gasteiger charge is -2.16. The monoisotopic (exact) mass is 326 g/mol. The van der Waals surface area contributed by atoms with Crippen LogP contribution in [0.3, 0.4) is 0 Å². The van der Waals surface area contributed by atoms with Gasteiger partial charge in [0.25, 0.3) is 0 Å². The second-order valence-corrected chi connectivity index (χ2v) is 5.79. The lowest BCUT2D eigenvalue weighted by molar-refractivity contribution is 0.0288. The Morgan fingerprint density at radius 2 is 1.67 bits per heavy atom. The Morgan fingerprint density at radius 1 is 0.958 bits per heavy atom. The van der Waals surface area contributed by atoms with Crippen molar-refractivity contribution in [3.63, 3.8) is 0 Å². The maximum absolute atomic E-state index is 12.3. The van der Waals surface area contributed by atoms with Crippen molar-refractivity contribution in [2.45, 2.75) is 45.6 Å². The Labute approximate surface area is 144 Å². The van der Waals surface area contributed by atoms with Crippen molar-refractivity contribution in [1.82, 2.24) is 0 Å². The summed E-state index contributed by atoms with van der Waals surface area (Å²) in [6.07, 6.45) is 3.92. The summed E-state index contributed by atoms with van der Waals surface area (Å²) in [4.78, 5) is 12.3. The third-order valence-electron chi connectivity index (χ3n) is 3.90. The number of carbonyl (C=O) groups excluding carboxylic acids is 1. The van der Waals surface area contributed by atoms with Gasteiger partial charge in [-0.25, -0.2) is 4.79 Å². The van der Waals surface area contributed by atoms with Crippen LogP contribution in [0.4, 0.5) is 0 Å². The van der Waals surface area contributed by atoms with Gasteiger partial charge in [-0.1, -0.05) is 57.0 Å². The number of hydrogen-bond acceptors (Lipinski definition) is 3. The van der Waals surface area contributed by atoms with Crippen LogP contribution in [0.25, 0.3) is 0 Å². The van der Waals surface area contributed by atoms with Crippen molar-refractivity contribution in [2.75, 3.05) is 6.61 Å². The van der Waals surface area contributed by atoms with E-state index in [1.54, 1.807) is 12.1 Å². The number of carbonyl (C=O) groups is 1. The Morgan fingerprint density at radius 3 is 2.29 bits per heavy atom. The molecule has 0 N–H and O–H groups in total. The Bertz CT molecular complexity index is 605. The van der Waals surface area contributed by atoms with Gasteiger partial charge in [0.2, 0.25) is 0 Å². The Kier molecular flexibility index (Phi) is 7.34. The minimum Gasteiger partial charge on any atom is -0.494 e. The summed E-state index contributed by atoms with van der Waals surface area (Å²) in [6, 6.07) is 17.0. The highest BCUT2D eigenvalue weighted by Crippen LogP contribution is 2.23. The van der Waals surface area contributed by atoms with E-state index in [9.17, 15) is 4.79 Å². The van der Waals surface area contributed by atoms with Crippen LogP contribution in [0.2, 0.25) is 0 Å². The standard InChI is InChI=1S/C21H26O3/c1-3-5-9-16-23-19-14-12-18(13-15-19)21(22)24-20(4-2)17-10-7-6-8-11-17/h6-8,10-15,20H,3-5,9,16H2,1-2H3.